The van der Waals surface area contributed by atoms with Crippen LogP contribution in [-0.2, 0) is 29.1 Å². The summed E-state index contributed by atoms with van der Waals surface area (Å²) in [6.07, 6.45) is 0. The van der Waals surface area contributed by atoms with Gasteiger partial charge < -0.3 is 24.9 Å². The second kappa shape index (κ2) is 16.4. The van der Waals surface area contributed by atoms with Gasteiger partial charge in [0.05, 0.1) is 11.9 Å². The predicted octanol–water partition coefficient (Wildman–Crippen LogP) is -1.38. The molecule has 0 spiro atoms. The SMILES string of the molecule is C=C(C)C(=O)[O-].C=C(C)C(=O)[O-].CCO.[Zn+2]. The van der Waals surface area contributed by atoms with Gasteiger partial charge in [-0.2, -0.15) is 0 Å². The molecule has 0 atom stereocenters. The Kier molecular flexibility index (Phi) is 25.0. The molecule has 0 aromatic heterocycles. The Hall–Kier alpha value is -0.997. The number of carboxylic acids is 2. The molecule has 0 aliphatic rings. The maximum atomic E-state index is 9.49. The number of rotatable bonds is 2. The Bertz CT molecular complexity index is 187. The van der Waals surface area contributed by atoms with Gasteiger partial charge in [-0.05, 0) is 31.9 Å². The van der Waals surface area contributed by atoms with Gasteiger partial charge in [-0.15, -0.1) is 0 Å². The molecule has 0 radical (unpaired) electrons. The van der Waals surface area contributed by atoms with E-state index in [2.05, 4.69) is 13.2 Å². The molecule has 0 aromatic rings. The van der Waals surface area contributed by atoms with Crippen LogP contribution in [0.3, 0.4) is 0 Å². The van der Waals surface area contributed by atoms with Gasteiger partial charge in [-0.3, -0.25) is 0 Å². The molecule has 0 heterocycles. The summed E-state index contributed by atoms with van der Waals surface area (Å²) in [7, 11) is 0. The summed E-state index contributed by atoms with van der Waals surface area (Å²) >= 11 is 0. The van der Waals surface area contributed by atoms with E-state index in [1.165, 1.54) is 13.8 Å². The number of carbonyl (C=O) groups excluding carboxylic acids is 2. The van der Waals surface area contributed by atoms with E-state index in [0.29, 0.717) is 0 Å². The summed E-state index contributed by atoms with van der Waals surface area (Å²) < 4.78 is 0. The van der Waals surface area contributed by atoms with Crippen LogP contribution in [0.4, 0.5) is 0 Å². The summed E-state index contributed by atoms with van der Waals surface area (Å²) in [4.78, 5) is 19.0. The fraction of sp³-hybridized carbons (Fsp3) is 0.400. The third-order valence-corrected chi connectivity index (χ3v) is 0.697. The quantitative estimate of drug-likeness (QED) is 0.497. The Labute approximate surface area is 108 Å². The van der Waals surface area contributed by atoms with Gasteiger partial charge in [-0.25, -0.2) is 0 Å². The molecule has 6 heteroatoms. The Morgan fingerprint density at radius 3 is 1.12 bits per heavy atom. The van der Waals surface area contributed by atoms with E-state index in [-0.39, 0.29) is 37.2 Å². The molecule has 0 aliphatic heterocycles. The predicted molar refractivity (Wildman–Crippen MR) is 52.4 cm³/mol. The first-order valence-electron chi connectivity index (χ1n) is 4.05. The van der Waals surface area contributed by atoms with Crippen molar-refractivity contribution in [2.75, 3.05) is 6.61 Å². The first-order valence-corrected chi connectivity index (χ1v) is 4.05. The second-order valence-electron chi connectivity index (χ2n) is 2.45. The molecule has 0 rings (SSSR count). The van der Waals surface area contributed by atoms with E-state index >= 15 is 0 Å². The number of aliphatic hydroxyl groups excluding tert-OH is 1. The standard InChI is InChI=1S/2C4H6O2.C2H6O.Zn/c2*1-3(2)4(5)6;1-2-3;/h2*1H2,2H3,(H,5,6);3H,2H2,1H3;/q;;;+2/p-2. The maximum Gasteiger partial charge on any atom is 2.00 e. The van der Waals surface area contributed by atoms with Crippen molar-refractivity contribution >= 4 is 11.9 Å². The van der Waals surface area contributed by atoms with Crippen molar-refractivity contribution in [3.63, 3.8) is 0 Å². The van der Waals surface area contributed by atoms with E-state index in [1.54, 1.807) is 6.92 Å². The molecule has 16 heavy (non-hydrogen) atoms. The Balaban J connectivity index is -0.0000000692. The van der Waals surface area contributed by atoms with Crippen molar-refractivity contribution < 1.29 is 44.4 Å². The fourth-order valence-corrected chi connectivity index (χ4v) is 0. The zero-order valence-corrected chi connectivity index (χ0v) is 12.9. The van der Waals surface area contributed by atoms with Crippen LogP contribution in [0, 0.1) is 0 Å². The zero-order valence-electron chi connectivity index (χ0n) is 9.91. The van der Waals surface area contributed by atoms with Gasteiger partial charge in [0.1, 0.15) is 0 Å². The Morgan fingerprint density at radius 1 is 1.06 bits per heavy atom. The van der Waals surface area contributed by atoms with E-state index in [9.17, 15) is 19.8 Å². The first kappa shape index (κ1) is 24.3. The van der Waals surface area contributed by atoms with Crippen LogP contribution in [0.5, 0.6) is 0 Å². The maximum absolute atomic E-state index is 9.49. The third kappa shape index (κ3) is 38.2. The van der Waals surface area contributed by atoms with E-state index in [1.807, 2.05) is 0 Å². The van der Waals surface area contributed by atoms with Gasteiger partial charge in [0.25, 0.3) is 0 Å². The number of carbonyl (C=O) groups is 2. The van der Waals surface area contributed by atoms with Crippen LogP contribution < -0.4 is 10.2 Å². The minimum atomic E-state index is -1.19. The molecular formula is C10H16O5Zn. The van der Waals surface area contributed by atoms with Crippen molar-refractivity contribution in [3.8, 4) is 0 Å². The van der Waals surface area contributed by atoms with Crippen molar-refractivity contribution in [2.24, 2.45) is 0 Å². The largest absolute Gasteiger partial charge is 2.00 e. The molecule has 1 N–H and O–H groups in total. The van der Waals surface area contributed by atoms with Crippen molar-refractivity contribution in [1.29, 1.82) is 0 Å². The molecule has 0 bridgehead atoms. The average molecular weight is 282 g/mol. The average Bonchev–Trinajstić information content (AvgIpc) is 2.06. The van der Waals surface area contributed by atoms with E-state index < -0.39 is 11.9 Å². The number of hydrogen-bond acceptors (Lipinski definition) is 5. The number of aliphatic hydroxyl groups is 1. The van der Waals surface area contributed by atoms with E-state index in [4.69, 9.17) is 5.11 Å². The number of aliphatic carboxylic acids is 2. The molecule has 0 unspecified atom stereocenters. The van der Waals surface area contributed by atoms with Crippen molar-refractivity contribution in [1.82, 2.24) is 0 Å². The molecule has 0 aliphatic carbocycles. The van der Waals surface area contributed by atoms with Crippen LogP contribution in [0.2, 0.25) is 0 Å². The number of hydrogen-bond donors (Lipinski definition) is 1. The van der Waals surface area contributed by atoms with Crippen LogP contribution in [0.25, 0.3) is 0 Å². The van der Waals surface area contributed by atoms with Crippen molar-refractivity contribution in [2.45, 2.75) is 20.8 Å². The van der Waals surface area contributed by atoms with Crippen LogP contribution >= 0.6 is 0 Å². The first-order chi connectivity index (χ1) is 6.70. The number of carboxylic acid groups (broad SMARTS) is 2. The summed E-state index contributed by atoms with van der Waals surface area (Å²) in [6, 6.07) is 0. The third-order valence-electron chi connectivity index (χ3n) is 0.697. The van der Waals surface area contributed by atoms with Crippen LogP contribution in [-0.4, -0.2) is 23.7 Å². The fourth-order valence-electron chi connectivity index (χ4n) is 0. The van der Waals surface area contributed by atoms with Crippen molar-refractivity contribution in [3.05, 3.63) is 24.3 Å². The minimum Gasteiger partial charge on any atom is -0.545 e. The van der Waals surface area contributed by atoms with Crippen LogP contribution in [0.1, 0.15) is 20.8 Å². The second-order valence-corrected chi connectivity index (χ2v) is 2.45. The normalized spacial score (nSPS) is 6.75. The van der Waals surface area contributed by atoms with E-state index in [0.717, 1.165) is 0 Å². The molecular weight excluding hydrogens is 265 g/mol. The molecule has 5 nitrogen and oxygen atoms in total. The summed E-state index contributed by atoms with van der Waals surface area (Å²) in [5.74, 6) is -2.37. The summed E-state index contributed by atoms with van der Waals surface area (Å²) in [5.41, 5.74) is 0.130. The summed E-state index contributed by atoms with van der Waals surface area (Å²) in [5, 5.41) is 26.5. The minimum absolute atomic E-state index is 0. The van der Waals surface area contributed by atoms with Gasteiger partial charge >= 0.3 is 19.5 Å². The summed E-state index contributed by atoms with van der Waals surface area (Å²) in [6.45, 7) is 10.9. The molecule has 0 amide bonds. The molecule has 0 saturated carbocycles. The molecule has 88 valence electrons. The van der Waals surface area contributed by atoms with Gasteiger partial charge in [0.2, 0.25) is 0 Å². The monoisotopic (exact) mass is 280 g/mol. The molecule has 0 saturated heterocycles. The molecule has 0 fully saturated rings. The smallest absolute Gasteiger partial charge is 0.545 e. The zero-order chi connectivity index (χ0) is 13.0. The Morgan fingerprint density at radius 2 is 1.12 bits per heavy atom. The van der Waals surface area contributed by atoms with Crippen LogP contribution in [0.15, 0.2) is 24.3 Å². The topological polar surface area (TPSA) is 100 Å². The molecule has 0 aromatic carbocycles. The van der Waals surface area contributed by atoms with Gasteiger partial charge in [0, 0.05) is 6.61 Å². The van der Waals surface area contributed by atoms with Gasteiger partial charge in [0.15, 0.2) is 0 Å². The van der Waals surface area contributed by atoms with Gasteiger partial charge in [-0.1, -0.05) is 13.2 Å².